The number of nitrogens with zero attached hydrogens (tertiary/aromatic N) is 1. The molecule has 0 saturated heterocycles. The molecule has 0 bridgehead atoms. The molecular formula is C12H15ClN2. The van der Waals surface area contributed by atoms with E-state index in [1.165, 1.54) is 5.56 Å². The van der Waals surface area contributed by atoms with Crippen molar-refractivity contribution >= 4 is 22.6 Å². The molecule has 80 valence electrons. The summed E-state index contributed by atoms with van der Waals surface area (Å²) in [5, 5.41) is -0.0695. The molecule has 1 unspecified atom stereocenters. The van der Waals surface area contributed by atoms with Crippen LogP contribution in [-0.2, 0) is 0 Å². The molecule has 0 saturated carbocycles. The van der Waals surface area contributed by atoms with Gasteiger partial charge in [0.05, 0.1) is 16.4 Å². The number of hydrogen-bond donors (Lipinski definition) is 1. The highest BCUT2D eigenvalue weighted by atomic mass is 35.5. The molecule has 0 radical (unpaired) electrons. The molecule has 15 heavy (non-hydrogen) atoms. The summed E-state index contributed by atoms with van der Waals surface area (Å²) in [6, 6.07) is 6.32. The van der Waals surface area contributed by atoms with E-state index in [0.717, 1.165) is 16.9 Å². The molecule has 3 heteroatoms. The second-order valence-corrected chi connectivity index (χ2v) is 4.82. The summed E-state index contributed by atoms with van der Waals surface area (Å²) in [6.45, 7) is 6.29. The Labute approximate surface area is 94.7 Å². The SMILES string of the molecule is CC(C)c1ccc2nc(C(C)Cl)[nH]c2c1. The van der Waals surface area contributed by atoms with Gasteiger partial charge in [-0.05, 0) is 30.5 Å². The van der Waals surface area contributed by atoms with E-state index in [9.17, 15) is 0 Å². The average molecular weight is 223 g/mol. The lowest BCUT2D eigenvalue weighted by molar-refractivity contribution is 0.868. The number of aromatic amines is 1. The summed E-state index contributed by atoms with van der Waals surface area (Å²) in [5.41, 5.74) is 3.38. The number of hydrogen-bond acceptors (Lipinski definition) is 1. The summed E-state index contributed by atoms with van der Waals surface area (Å²) < 4.78 is 0. The van der Waals surface area contributed by atoms with Crippen LogP contribution in [0.2, 0.25) is 0 Å². The van der Waals surface area contributed by atoms with Gasteiger partial charge in [-0.2, -0.15) is 0 Å². The number of halogens is 1. The van der Waals surface area contributed by atoms with Crippen LogP contribution in [0.4, 0.5) is 0 Å². The Balaban J connectivity index is 2.52. The van der Waals surface area contributed by atoms with Gasteiger partial charge in [0, 0.05) is 0 Å². The average Bonchev–Trinajstić information content (AvgIpc) is 2.59. The first kappa shape index (κ1) is 10.5. The predicted octanol–water partition coefficient (Wildman–Crippen LogP) is 3.99. The molecule has 1 atom stereocenters. The topological polar surface area (TPSA) is 28.7 Å². The molecule has 0 fully saturated rings. The van der Waals surface area contributed by atoms with Crippen molar-refractivity contribution in [2.75, 3.05) is 0 Å². The van der Waals surface area contributed by atoms with Gasteiger partial charge in [-0.25, -0.2) is 4.98 Å². The maximum atomic E-state index is 5.98. The van der Waals surface area contributed by atoms with Crippen molar-refractivity contribution in [3.05, 3.63) is 29.6 Å². The van der Waals surface area contributed by atoms with Gasteiger partial charge in [-0.15, -0.1) is 11.6 Å². The molecule has 1 aromatic heterocycles. The summed E-state index contributed by atoms with van der Waals surface area (Å²) in [4.78, 5) is 7.67. The number of rotatable bonds is 2. The molecule has 0 aliphatic rings. The Kier molecular flexibility index (Phi) is 2.70. The van der Waals surface area contributed by atoms with Crippen LogP contribution in [0.25, 0.3) is 11.0 Å². The van der Waals surface area contributed by atoms with Crippen LogP contribution in [0, 0.1) is 0 Å². The van der Waals surface area contributed by atoms with Crippen LogP contribution in [0.1, 0.15) is 43.5 Å². The van der Waals surface area contributed by atoms with E-state index in [2.05, 4.69) is 35.9 Å². The van der Waals surface area contributed by atoms with E-state index in [1.807, 2.05) is 13.0 Å². The third-order valence-corrected chi connectivity index (χ3v) is 2.77. The van der Waals surface area contributed by atoms with Gasteiger partial charge >= 0.3 is 0 Å². The van der Waals surface area contributed by atoms with E-state index in [4.69, 9.17) is 11.6 Å². The lowest BCUT2D eigenvalue weighted by Gasteiger charge is -2.03. The molecule has 2 rings (SSSR count). The molecule has 0 spiro atoms. The van der Waals surface area contributed by atoms with Crippen LogP contribution in [0.5, 0.6) is 0 Å². The molecule has 1 aromatic carbocycles. The van der Waals surface area contributed by atoms with Crippen LogP contribution in [0.15, 0.2) is 18.2 Å². The number of benzene rings is 1. The molecule has 2 nitrogen and oxygen atoms in total. The van der Waals surface area contributed by atoms with Gasteiger partial charge in [-0.3, -0.25) is 0 Å². The number of aromatic nitrogens is 2. The summed E-state index contributed by atoms with van der Waals surface area (Å²) in [5.74, 6) is 1.38. The van der Waals surface area contributed by atoms with Crippen molar-refractivity contribution in [2.24, 2.45) is 0 Å². The summed E-state index contributed by atoms with van der Waals surface area (Å²) >= 11 is 5.98. The fourth-order valence-electron chi connectivity index (χ4n) is 1.59. The standard InChI is InChI=1S/C12H15ClN2/c1-7(2)9-4-5-10-11(6-9)15-12(14-10)8(3)13/h4-8H,1-3H3,(H,14,15). The lowest BCUT2D eigenvalue weighted by atomic mass is 10.0. The molecule has 0 aliphatic carbocycles. The lowest BCUT2D eigenvalue weighted by Crippen LogP contribution is -1.86. The number of imidazole rings is 1. The van der Waals surface area contributed by atoms with Crippen molar-refractivity contribution in [3.63, 3.8) is 0 Å². The smallest absolute Gasteiger partial charge is 0.125 e. The Morgan fingerprint density at radius 2 is 2.00 bits per heavy atom. The minimum absolute atomic E-state index is 0.0695. The minimum Gasteiger partial charge on any atom is -0.341 e. The Morgan fingerprint density at radius 1 is 1.27 bits per heavy atom. The van der Waals surface area contributed by atoms with Gasteiger partial charge in [0.2, 0.25) is 0 Å². The van der Waals surface area contributed by atoms with Gasteiger partial charge in [-0.1, -0.05) is 19.9 Å². The minimum atomic E-state index is -0.0695. The first-order chi connectivity index (χ1) is 7.08. The van der Waals surface area contributed by atoms with Crippen LogP contribution >= 0.6 is 11.6 Å². The largest absolute Gasteiger partial charge is 0.341 e. The summed E-state index contributed by atoms with van der Waals surface area (Å²) in [6.07, 6.45) is 0. The second kappa shape index (κ2) is 3.86. The quantitative estimate of drug-likeness (QED) is 0.765. The van der Waals surface area contributed by atoms with Crippen molar-refractivity contribution in [2.45, 2.75) is 32.1 Å². The third kappa shape index (κ3) is 2.00. The summed E-state index contributed by atoms with van der Waals surface area (Å²) in [7, 11) is 0. The fourth-order valence-corrected chi connectivity index (χ4v) is 1.70. The molecular weight excluding hydrogens is 208 g/mol. The molecule has 2 aromatic rings. The second-order valence-electron chi connectivity index (χ2n) is 4.17. The van der Waals surface area contributed by atoms with Crippen LogP contribution < -0.4 is 0 Å². The van der Waals surface area contributed by atoms with E-state index in [1.54, 1.807) is 0 Å². The normalized spacial score (nSPS) is 13.7. The zero-order valence-electron chi connectivity index (χ0n) is 9.21. The van der Waals surface area contributed by atoms with Crippen LogP contribution in [0.3, 0.4) is 0 Å². The van der Waals surface area contributed by atoms with E-state index in [0.29, 0.717) is 5.92 Å². The van der Waals surface area contributed by atoms with Crippen molar-refractivity contribution < 1.29 is 0 Å². The third-order valence-electron chi connectivity index (χ3n) is 2.57. The maximum absolute atomic E-state index is 5.98. The number of alkyl halides is 1. The van der Waals surface area contributed by atoms with Gasteiger partial charge < -0.3 is 4.98 Å². The number of H-pyrrole nitrogens is 1. The fraction of sp³-hybridized carbons (Fsp3) is 0.417. The predicted molar refractivity (Wildman–Crippen MR) is 64.5 cm³/mol. The van der Waals surface area contributed by atoms with E-state index >= 15 is 0 Å². The molecule has 1 N–H and O–H groups in total. The van der Waals surface area contributed by atoms with Gasteiger partial charge in [0.15, 0.2) is 0 Å². The zero-order chi connectivity index (χ0) is 11.0. The van der Waals surface area contributed by atoms with Crippen molar-refractivity contribution in [1.82, 2.24) is 9.97 Å². The Morgan fingerprint density at radius 3 is 2.60 bits per heavy atom. The highest BCUT2D eigenvalue weighted by Gasteiger charge is 2.08. The van der Waals surface area contributed by atoms with Crippen molar-refractivity contribution in [1.29, 1.82) is 0 Å². The highest BCUT2D eigenvalue weighted by Crippen LogP contribution is 2.23. The Bertz CT molecular complexity index is 465. The highest BCUT2D eigenvalue weighted by molar-refractivity contribution is 6.20. The van der Waals surface area contributed by atoms with Crippen molar-refractivity contribution in [3.8, 4) is 0 Å². The van der Waals surface area contributed by atoms with Gasteiger partial charge in [0.25, 0.3) is 0 Å². The maximum Gasteiger partial charge on any atom is 0.125 e. The van der Waals surface area contributed by atoms with E-state index < -0.39 is 0 Å². The monoisotopic (exact) mass is 222 g/mol. The van der Waals surface area contributed by atoms with E-state index in [-0.39, 0.29) is 5.38 Å². The molecule has 1 heterocycles. The van der Waals surface area contributed by atoms with Gasteiger partial charge in [0.1, 0.15) is 5.82 Å². The first-order valence-electron chi connectivity index (χ1n) is 5.21. The molecule has 0 amide bonds. The first-order valence-corrected chi connectivity index (χ1v) is 5.65. The molecule has 0 aliphatic heterocycles. The Hall–Kier alpha value is -1.02. The number of nitrogens with one attached hydrogen (secondary N) is 1. The number of fused-ring (bicyclic) bond motifs is 1. The zero-order valence-corrected chi connectivity index (χ0v) is 9.97. The van der Waals surface area contributed by atoms with Crippen LogP contribution in [-0.4, -0.2) is 9.97 Å².